The van der Waals surface area contributed by atoms with Crippen LogP contribution in [-0.4, -0.2) is 37.4 Å². The van der Waals surface area contributed by atoms with Gasteiger partial charge in [-0.3, -0.25) is 0 Å². The van der Waals surface area contributed by atoms with Crippen molar-refractivity contribution in [2.45, 2.75) is 96.9 Å². The molecule has 0 bridgehead atoms. The van der Waals surface area contributed by atoms with Crippen molar-refractivity contribution in [1.82, 2.24) is 0 Å². The third-order valence-corrected chi connectivity index (χ3v) is 6.03. The predicted molar refractivity (Wildman–Crippen MR) is 125 cm³/mol. The summed E-state index contributed by atoms with van der Waals surface area (Å²) in [5.41, 5.74) is 7.30. The molecule has 1 aliphatic rings. The lowest BCUT2D eigenvalue weighted by molar-refractivity contribution is -0.119. The average Bonchev–Trinajstić information content (AvgIpc) is 2.69. The van der Waals surface area contributed by atoms with Crippen molar-refractivity contribution in [3.05, 3.63) is 35.4 Å². The monoisotopic (exact) mass is 475 g/mol. The molecular formula is C26H41F4NO2. The topological polar surface area (TPSA) is 52.3 Å². The molecule has 2 N–H and O–H groups in total. The van der Waals surface area contributed by atoms with Crippen molar-refractivity contribution >= 4 is 6.29 Å². The van der Waals surface area contributed by atoms with Gasteiger partial charge in [0.1, 0.15) is 12.9 Å². The van der Waals surface area contributed by atoms with E-state index in [9.17, 15) is 22.4 Å². The van der Waals surface area contributed by atoms with Crippen LogP contribution in [0.15, 0.2) is 24.3 Å². The fourth-order valence-electron chi connectivity index (χ4n) is 4.09. The molecule has 0 radical (unpaired) electrons. The van der Waals surface area contributed by atoms with Crippen LogP contribution in [0.25, 0.3) is 0 Å². The van der Waals surface area contributed by atoms with Crippen LogP contribution in [0.2, 0.25) is 0 Å². The molecule has 1 saturated carbocycles. The summed E-state index contributed by atoms with van der Waals surface area (Å²) in [6.45, 7) is 5.57. The van der Waals surface area contributed by atoms with Gasteiger partial charge in [-0.1, -0.05) is 36.2 Å². The smallest absolute Gasteiger partial charge is 0.268 e. The number of halogens is 4. The second-order valence-electron chi connectivity index (χ2n) is 10.1. The van der Waals surface area contributed by atoms with Gasteiger partial charge in [0.25, 0.3) is 5.92 Å². The zero-order valence-electron chi connectivity index (χ0n) is 20.5. The Morgan fingerprint density at radius 1 is 1.12 bits per heavy atom. The molecule has 0 spiro atoms. The normalized spacial score (nSPS) is 22.3. The molecule has 33 heavy (non-hydrogen) atoms. The molecule has 190 valence electrons. The lowest BCUT2D eigenvalue weighted by atomic mass is 9.69. The van der Waals surface area contributed by atoms with Crippen LogP contribution in [0, 0.1) is 18.3 Å². The Morgan fingerprint density at radius 3 is 2.15 bits per heavy atom. The molecule has 1 unspecified atom stereocenters. The molecule has 1 fully saturated rings. The SMILES string of the molecule is CC(N)CCCC1(C=O)CCC(COCC(C)(F)F)CC1.Cc1ccc(CC(C)(F)F)cc1. The molecule has 1 atom stereocenters. The summed E-state index contributed by atoms with van der Waals surface area (Å²) in [5.74, 6) is -5.07. The fourth-order valence-corrected chi connectivity index (χ4v) is 4.09. The minimum atomic E-state index is -2.76. The largest absolute Gasteiger partial charge is 0.375 e. The third-order valence-electron chi connectivity index (χ3n) is 6.03. The van der Waals surface area contributed by atoms with Gasteiger partial charge in [-0.15, -0.1) is 0 Å². The number of nitrogens with two attached hydrogens (primary N) is 1. The quantitative estimate of drug-likeness (QED) is 0.285. The molecule has 7 heteroatoms. The highest BCUT2D eigenvalue weighted by Crippen LogP contribution is 2.41. The van der Waals surface area contributed by atoms with Crippen LogP contribution in [0.3, 0.4) is 0 Å². The Labute approximate surface area is 196 Å². The van der Waals surface area contributed by atoms with Crippen molar-refractivity contribution in [3.63, 3.8) is 0 Å². The molecule has 1 aromatic carbocycles. The van der Waals surface area contributed by atoms with Crippen LogP contribution < -0.4 is 5.73 Å². The first kappa shape index (κ1) is 29.6. The van der Waals surface area contributed by atoms with Gasteiger partial charge in [0.15, 0.2) is 0 Å². The second kappa shape index (κ2) is 13.4. The second-order valence-corrected chi connectivity index (χ2v) is 10.1. The summed E-state index contributed by atoms with van der Waals surface area (Å²) in [7, 11) is 0. The first-order valence-corrected chi connectivity index (χ1v) is 11.8. The van der Waals surface area contributed by atoms with Gasteiger partial charge in [0.05, 0.1) is 0 Å². The maximum absolute atomic E-state index is 12.7. The fraction of sp³-hybridized carbons (Fsp3) is 0.731. The lowest BCUT2D eigenvalue weighted by Crippen LogP contribution is -2.31. The molecule has 1 aliphatic carbocycles. The molecule has 1 aromatic rings. The van der Waals surface area contributed by atoms with Crippen LogP contribution in [0.1, 0.15) is 76.8 Å². The zero-order valence-corrected chi connectivity index (χ0v) is 20.5. The number of hydrogen-bond donors (Lipinski definition) is 1. The number of ether oxygens (including phenoxy) is 1. The van der Waals surface area contributed by atoms with Gasteiger partial charge in [0, 0.05) is 31.4 Å². The summed E-state index contributed by atoms with van der Waals surface area (Å²) >= 11 is 0. The summed E-state index contributed by atoms with van der Waals surface area (Å²) in [6.07, 6.45) is 7.17. The average molecular weight is 476 g/mol. The lowest BCUT2D eigenvalue weighted by Gasteiger charge is -2.36. The van der Waals surface area contributed by atoms with Crippen molar-refractivity contribution < 1.29 is 27.1 Å². The Morgan fingerprint density at radius 2 is 1.70 bits per heavy atom. The maximum atomic E-state index is 12.7. The highest BCUT2D eigenvalue weighted by molar-refractivity contribution is 5.59. The first-order valence-electron chi connectivity index (χ1n) is 11.8. The molecule has 0 heterocycles. The van der Waals surface area contributed by atoms with E-state index in [1.165, 1.54) is 0 Å². The van der Waals surface area contributed by atoms with Crippen LogP contribution in [0.5, 0.6) is 0 Å². The van der Waals surface area contributed by atoms with Crippen molar-refractivity contribution in [2.24, 2.45) is 17.1 Å². The van der Waals surface area contributed by atoms with E-state index in [2.05, 4.69) is 0 Å². The van der Waals surface area contributed by atoms with Crippen LogP contribution in [-0.2, 0) is 16.0 Å². The number of aldehydes is 1. The Balaban J connectivity index is 0.000000383. The molecule has 0 aromatic heterocycles. The van der Waals surface area contributed by atoms with E-state index >= 15 is 0 Å². The van der Waals surface area contributed by atoms with E-state index in [4.69, 9.17) is 10.5 Å². The zero-order chi connectivity index (χ0) is 25.1. The number of rotatable bonds is 11. The minimum absolute atomic E-state index is 0.173. The molecule has 0 amide bonds. The Bertz CT molecular complexity index is 673. The predicted octanol–water partition coefficient (Wildman–Crippen LogP) is 6.74. The molecule has 0 saturated heterocycles. The van der Waals surface area contributed by atoms with Gasteiger partial charge < -0.3 is 15.3 Å². The summed E-state index contributed by atoms with van der Waals surface area (Å²) in [5, 5.41) is 0. The van der Waals surface area contributed by atoms with Gasteiger partial charge in [-0.25, -0.2) is 17.6 Å². The number of carbonyl (C=O) groups is 1. The van der Waals surface area contributed by atoms with Gasteiger partial charge in [0.2, 0.25) is 5.92 Å². The van der Waals surface area contributed by atoms with Crippen molar-refractivity contribution in [2.75, 3.05) is 13.2 Å². The molecule has 3 nitrogen and oxygen atoms in total. The van der Waals surface area contributed by atoms with Crippen molar-refractivity contribution in [1.29, 1.82) is 0 Å². The van der Waals surface area contributed by atoms with Crippen LogP contribution >= 0.6 is 0 Å². The highest BCUT2D eigenvalue weighted by atomic mass is 19.3. The van der Waals surface area contributed by atoms with Gasteiger partial charge >= 0.3 is 0 Å². The van der Waals surface area contributed by atoms with E-state index in [0.29, 0.717) is 18.1 Å². The number of carbonyl (C=O) groups excluding carboxylic acids is 1. The van der Waals surface area contributed by atoms with E-state index in [-0.39, 0.29) is 17.9 Å². The van der Waals surface area contributed by atoms with E-state index < -0.39 is 18.5 Å². The van der Waals surface area contributed by atoms with E-state index in [1.807, 2.05) is 26.0 Å². The van der Waals surface area contributed by atoms with E-state index in [1.54, 1.807) is 12.1 Å². The summed E-state index contributed by atoms with van der Waals surface area (Å²) in [4.78, 5) is 11.4. The summed E-state index contributed by atoms with van der Waals surface area (Å²) in [6, 6.07) is 7.36. The van der Waals surface area contributed by atoms with Gasteiger partial charge in [-0.05, 0) is 70.8 Å². The number of benzene rings is 1. The van der Waals surface area contributed by atoms with Crippen molar-refractivity contribution in [3.8, 4) is 0 Å². The van der Waals surface area contributed by atoms with E-state index in [0.717, 1.165) is 70.6 Å². The molecule has 0 aliphatic heterocycles. The molecule has 2 rings (SSSR count). The van der Waals surface area contributed by atoms with Crippen LogP contribution in [0.4, 0.5) is 17.6 Å². The number of alkyl halides is 4. The summed E-state index contributed by atoms with van der Waals surface area (Å²) < 4.78 is 55.5. The highest BCUT2D eigenvalue weighted by Gasteiger charge is 2.35. The standard InChI is InChI=1S/C16H29F2NO2.C10H12F2/c1-13(19)4-3-7-16(11-20)8-5-14(6-9-16)10-21-12-15(2,17)18;1-8-3-5-9(6-4-8)7-10(2,11)12/h11,13-14H,3-10,12,19H2,1-2H3;3-6H,7H2,1-2H3. The Hall–Kier alpha value is -1.47. The number of hydrogen-bond acceptors (Lipinski definition) is 3. The first-order chi connectivity index (χ1) is 15.2. The molecular weight excluding hydrogens is 434 g/mol. The third kappa shape index (κ3) is 13.7. The van der Waals surface area contributed by atoms with Gasteiger partial charge in [-0.2, -0.15) is 0 Å². The maximum Gasteiger partial charge on any atom is 0.268 e. The number of aryl methyl sites for hydroxylation is 1. The minimum Gasteiger partial charge on any atom is -0.375 e. The Kier molecular flexibility index (Phi) is 12.0.